The van der Waals surface area contributed by atoms with E-state index in [0.29, 0.717) is 36.3 Å². The molecule has 1 aromatic carbocycles. The number of rotatable bonds is 3. The van der Waals surface area contributed by atoms with Crippen molar-refractivity contribution in [1.82, 2.24) is 5.32 Å². The molecule has 0 saturated heterocycles. The van der Waals surface area contributed by atoms with Crippen molar-refractivity contribution < 1.29 is 23.1 Å². The number of benzene rings is 1. The van der Waals surface area contributed by atoms with E-state index in [1.165, 1.54) is 0 Å². The van der Waals surface area contributed by atoms with Gasteiger partial charge in [-0.1, -0.05) is 20.8 Å². The number of nitrogens with zero attached hydrogens (tertiary/aromatic N) is 1. The van der Waals surface area contributed by atoms with Crippen LogP contribution in [0.4, 0.5) is 18.0 Å². The maximum Gasteiger partial charge on any atom is 0.341 e. The zero-order valence-corrected chi connectivity index (χ0v) is 16.3. The van der Waals surface area contributed by atoms with Gasteiger partial charge in [0, 0.05) is 17.3 Å². The van der Waals surface area contributed by atoms with Crippen molar-refractivity contribution in [2.75, 3.05) is 6.61 Å². The van der Waals surface area contributed by atoms with Gasteiger partial charge in [-0.2, -0.15) is 4.99 Å². The summed E-state index contributed by atoms with van der Waals surface area (Å²) in [6, 6.07) is 0.0172. The van der Waals surface area contributed by atoms with Crippen LogP contribution in [-0.4, -0.2) is 29.5 Å². The molecule has 2 amide bonds. The molecule has 1 saturated carbocycles. The predicted molar refractivity (Wildman–Crippen MR) is 102 cm³/mol. The number of aliphatic imine (C=N–C) groups is 1. The van der Waals surface area contributed by atoms with E-state index in [-0.39, 0.29) is 23.3 Å². The average Bonchev–Trinajstić information content (AvgIpc) is 2.61. The number of amides is 2. The Bertz CT molecular complexity index is 814. The fraction of sp³-hybridized carbons (Fsp3) is 0.500. The lowest BCUT2D eigenvalue weighted by molar-refractivity contribution is 0.161. The van der Waals surface area contributed by atoms with Gasteiger partial charge in [-0.15, -0.1) is 0 Å². The molecule has 0 spiro atoms. The Morgan fingerprint density at radius 1 is 1.18 bits per heavy atom. The van der Waals surface area contributed by atoms with Gasteiger partial charge < -0.3 is 16.2 Å². The number of nitrogens with one attached hydrogen (secondary N) is 1. The number of carbonyl (C=O) groups excluding carboxylic acids is 1. The minimum Gasteiger partial charge on any atom is -0.398 e. The highest BCUT2D eigenvalue weighted by Crippen LogP contribution is 2.29. The van der Waals surface area contributed by atoms with Crippen LogP contribution < -0.4 is 11.1 Å². The second kappa shape index (κ2) is 8.77. The average molecular weight is 397 g/mol. The minimum absolute atomic E-state index is 0.0582. The number of halogens is 3. The molecule has 4 N–H and O–H groups in total. The van der Waals surface area contributed by atoms with Crippen molar-refractivity contribution in [2.45, 2.75) is 52.5 Å². The monoisotopic (exact) mass is 397 g/mol. The summed E-state index contributed by atoms with van der Waals surface area (Å²) in [6.45, 7) is 5.37. The summed E-state index contributed by atoms with van der Waals surface area (Å²) in [6.07, 6.45) is 2.42. The summed E-state index contributed by atoms with van der Waals surface area (Å²) in [5, 5.41) is 12.1. The zero-order valence-electron chi connectivity index (χ0n) is 16.3. The van der Waals surface area contributed by atoms with Crippen molar-refractivity contribution in [3.8, 4) is 0 Å². The first-order valence-electron chi connectivity index (χ1n) is 9.17. The third-order valence-electron chi connectivity index (χ3n) is 4.83. The highest BCUT2D eigenvalue weighted by Gasteiger charge is 2.26. The molecule has 2 rings (SSSR count). The zero-order chi connectivity index (χ0) is 21.1. The second-order valence-corrected chi connectivity index (χ2v) is 7.95. The van der Waals surface area contributed by atoms with Crippen molar-refractivity contribution >= 4 is 17.4 Å². The van der Waals surface area contributed by atoms with E-state index in [1.807, 2.05) is 20.8 Å². The van der Waals surface area contributed by atoms with Gasteiger partial charge in [0.25, 0.3) is 0 Å². The number of aliphatic hydroxyl groups is 1. The maximum absolute atomic E-state index is 14.1. The molecule has 8 heteroatoms. The number of urea groups is 1. The van der Waals surface area contributed by atoms with Crippen LogP contribution in [0.3, 0.4) is 0 Å². The van der Waals surface area contributed by atoms with Gasteiger partial charge in [-0.3, -0.25) is 0 Å². The first-order valence-corrected chi connectivity index (χ1v) is 9.17. The molecule has 1 atom stereocenters. The number of aliphatic hydroxyl groups excluding tert-OH is 1. The van der Waals surface area contributed by atoms with Gasteiger partial charge >= 0.3 is 6.03 Å². The van der Waals surface area contributed by atoms with Crippen LogP contribution in [0.25, 0.3) is 5.70 Å². The van der Waals surface area contributed by atoms with Crippen LogP contribution in [-0.2, 0) is 0 Å². The summed E-state index contributed by atoms with van der Waals surface area (Å²) in [4.78, 5) is 16.4. The molecule has 5 nitrogen and oxygen atoms in total. The Hall–Kier alpha value is -2.35. The van der Waals surface area contributed by atoms with Crippen molar-refractivity contribution in [2.24, 2.45) is 16.1 Å². The van der Waals surface area contributed by atoms with E-state index < -0.39 is 29.5 Å². The molecule has 0 unspecified atom stereocenters. The number of hydrogen-bond donors (Lipinski definition) is 3. The number of hydrogen-bond acceptors (Lipinski definition) is 3. The molecular weight excluding hydrogens is 371 g/mol. The van der Waals surface area contributed by atoms with Crippen LogP contribution in [0.15, 0.2) is 22.7 Å². The predicted octanol–water partition coefficient (Wildman–Crippen LogP) is 3.91. The summed E-state index contributed by atoms with van der Waals surface area (Å²) in [5.74, 6) is -3.48. The molecule has 0 radical (unpaired) electrons. The fourth-order valence-electron chi connectivity index (χ4n) is 3.03. The molecule has 0 aliphatic heterocycles. The van der Waals surface area contributed by atoms with E-state index in [2.05, 4.69) is 10.3 Å². The van der Waals surface area contributed by atoms with E-state index in [4.69, 9.17) is 5.73 Å². The van der Waals surface area contributed by atoms with E-state index in [1.54, 1.807) is 0 Å². The van der Waals surface area contributed by atoms with Crippen LogP contribution >= 0.6 is 0 Å². The maximum atomic E-state index is 14.1. The quantitative estimate of drug-likeness (QED) is 0.676. The molecule has 1 fully saturated rings. The Labute approximate surface area is 162 Å². The Morgan fingerprint density at radius 2 is 1.79 bits per heavy atom. The van der Waals surface area contributed by atoms with Gasteiger partial charge in [0.05, 0.1) is 18.4 Å². The molecule has 0 bridgehead atoms. The molecule has 28 heavy (non-hydrogen) atoms. The largest absolute Gasteiger partial charge is 0.398 e. The first-order chi connectivity index (χ1) is 13.0. The van der Waals surface area contributed by atoms with Gasteiger partial charge in [0.15, 0.2) is 11.6 Å². The lowest BCUT2D eigenvalue weighted by Gasteiger charge is -2.29. The Kier molecular flexibility index (Phi) is 6.87. The number of allylic oxidation sites excluding steroid dienone is 1. The molecule has 0 aromatic heterocycles. The van der Waals surface area contributed by atoms with Crippen molar-refractivity contribution in [3.05, 3.63) is 40.7 Å². The first kappa shape index (κ1) is 21.9. The highest BCUT2D eigenvalue weighted by molar-refractivity contribution is 6.10. The van der Waals surface area contributed by atoms with E-state index in [0.717, 1.165) is 12.8 Å². The Morgan fingerprint density at radius 3 is 2.39 bits per heavy atom. The van der Waals surface area contributed by atoms with Gasteiger partial charge in [-0.05, 0) is 42.7 Å². The standard InChI is InChI=1S/C20H26F3N3O2/c1-20(2,3)17(10-27)26-19(28)25-16-7-5-4-6-11(16)18(24)12-8-14(22)15(23)9-13(12)21/h8-9,17,27H,4-7,10,24H2,1-3H3,(H,26,28)/t17-/m1/s1. The molecule has 1 aliphatic rings. The normalized spacial score (nSPS) is 19.5. The SMILES string of the molecule is CC(C)(C)[C@@H](CO)NC(=O)N=C1CCCCC1=C(N)c1cc(F)c(F)cc1F. The van der Waals surface area contributed by atoms with Gasteiger partial charge in [-0.25, -0.2) is 18.0 Å². The summed E-state index contributed by atoms with van der Waals surface area (Å²) in [7, 11) is 0. The number of carbonyl (C=O) groups is 1. The summed E-state index contributed by atoms with van der Waals surface area (Å²) >= 11 is 0. The molecular formula is C20H26F3N3O2. The van der Waals surface area contributed by atoms with Gasteiger partial charge in [0.2, 0.25) is 0 Å². The third kappa shape index (κ3) is 5.13. The third-order valence-corrected chi connectivity index (χ3v) is 4.83. The Balaban J connectivity index is 2.38. The lowest BCUT2D eigenvalue weighted by atomic mass is 9.87. The fourth-order valence-corrected chi connectivity index (χ4v) is 3.03. The van der Waals surface area contributed by atoms with Crippen LogP contribution in [0.1, 0.15) is 52.0 Å². The second-order valence-electron chi connectivity index (χ2n) is 7.95. The van der Waals surface area contributed by atoms with Crippen LogP contribution in [0.2, 0.25) is 0 Å². The van der Waals surface area contributed by atoms with Crippen LogP contribution in [0, 0.1) is 22.9 Å². The highest BCUT2D eigenvalue weighted by atomic mass is 19.2. The minimum atomic E-state index is -1.30. The van der Waals surface area contributed by atoms with Crippen molar-refractivity contribution in [3.63, 3.8) is 0 Å². The van der Waals surface area contributed by atoms with E-state index in [9.17, 15) is 23.1 Å². The molecule has 1 aliphatic carbocycles. The van der Waals surface area contributed by atoms with E-state index >= 15 is 0 Å². The summed E-state index contributed by atoms with van der Waals surface area (Å²) in [5.41, 5.74) is 6.20. The molecule has 1 aromatic rings. The smallest absolute Gasteiger partial charge is 0.341 e. The van der Waals surface area contributed by atoms with Crippen LogP contribution in [0.5, 0.6) is 0 Å². The lowest BCUT2D eigenvalue weighted by Crippen LogP contribution is -2.45. The number of nitrogens with two attached hydrogens (primary N) is 1. The summed E-state index contributed by atoms with van der Waals surface area (Å²) < 4.78 is 40.9. The van der Waals surface area contributed by atoms with Gasteiger partial charge in [0.1, 0.15) is 5.82 Å². The topological polar surface area (TPSA) is 87.7 Å². The van der Waals surface area contributed by atoms with Crippen molar-refractivity contribution in [1.29, 1.82) is 0 Å². The molecule has 154 valence electrons. The molecule has 0 heterocycles.